The molecule has 0 amide bonds. The van der Waals surface area contributed by atoms with E-state index in [0.29, 0.717) is 0 Å². The molecular formula is C3H2N2. The fourth-order valence-electron chi connectivity index (χ4n) is 0.0354. The van der Waals surface area contributed by atoms with Gasteiger partial charge in [0.15, 0.2) is 0 Å². The van der Waals surface area contributed by atoms with Crippen LogP contribution >= 0.6 is 0 Å². The molecule has 0 aliphatic carbocycles. The molecule has 0 saturated heterocycles. The molecule has 5 heavy (non-hydrogen) atoms. The highest BCUT2D eigenvalue weighted by molar-refractivity contribution is 4.85. The zero-order chi connectivity index (χ0) is 4.12. The second kappa shape index (κ2) is 2.98. The highest BCUT2D eigenvalue weighted by Crippen LogP contribution is 1.59. The summed E-state index contributed by atoms with van der Waals surface area (Å²) < 4.78 is 0. The largest absolute Gasteiger partial charge is 0.197 e. The lowest BCUT2D eigenvalue weighted by Gasteiger charge is -1.45. The average molecular weight is 68.0 g/mol. The van der Waals surface area contributed by atoms with Crippen LogP contribution in [-0.2, 0) is 0 Å². The highest BCUT2D eigenvalue weighted by atomic mass is 15.1. The standard InChI is InChI=1S/C3H2N2/c4-2-1-3-5/h1H2/i4+1,5+1. The van der Waals surface area contributed by atoms with Gasteiger partial charge in [0.1, 0.15) is 6.42 Å². The predicted octanol–water partition coefficient (Wildman–Crippen LogP) is 0.424. The fraction of sp³-hybridized carbons (Fsp3) is 0.333. The molecular weight excluding hydrogens is 66.0 g/mol. The molecule has 0 aliphatic heterocycles. The van der Waals surface area contributed by atoms with E-state index in [1.165, 1.54) is 0 Å². The van der Waals surface area contributed by atoms with Gasteiger partial charge in [0.2, 0.25) is 0 Å². The van der Waals surface area contributed by atoms with Gasteiger partial charge >= 0.3 is 0 Å². The van der Waals surface area contributed by atoms with E-state index in [2.05, 4.69) is 0 Å². The summed E-state index contributed by atoms with van der Waals surface area (Å²) >= 11 is 0. The number of hydrogen-bond donors (Lipinski definition) is 0. The minimum atomic E-state index is 0. The summed E-state index contributed by atoms with van der Waals surface area (Å²) in [6.45, 7) is 0. The predicted molar refractivity (Wildman–Crippen MR) is 15.8 cm³/mol. The molecule has 0 aliphatic rings. The first-order valence-electron chi connectivity index (χ1n) is 1.15. The second-order valence-electron chi connectivity index (χ2n) is 0.493. The van der Waals surface area contributed by atoms with Crippen LogP contribution in [0.5, 0.6) is 0 Å². The lowest BCUT2D eigenvalue weighted by molar-refractivity contribution is 1.33. The van der Waals surface area contributed by atoms with Crippen LogP contribution in [0.3, 0.4) is 0 Å². The van der Waals surface area contributed by atoms with E-state index in [1.807, 2.05) is 0 Å². The molecule has 0 bridgehead atoms. The van der Waals surface area contributed by atoms with E-state index in [-0.39, 0.29) is 6.42 Å². The third-order valence-corrected chi connectivity index (χ3v) is 0.158. The van der Waals surface area contributed by atoms with Crippen LogP contribution in [0.15, 0.2) is 0 Å². The molecule has 0 aromatic carbocycles. The maximum atomic E-state index is 7.59. The van der Waals surface area contributed by atoms with Crippen molar-refractivity contribution in [3.8, 4) is 12.1 Å². The van der Waals surface area contributed by atoms with Gasteiger partial charge in [-0.15, -0.1) is 0 Å². The van der Waals surface area contributed by atoms with Crippen LogP contribution in [0.25, 0.3) is 0 Å². The monoisotopic (exact) mass is 68.0 g/mol. The average Bonchev–Trinajstić information content (AvgIpc) is 1.41. The SMILES string of the molecule is [15N]#CCC#[15N]. The Balaban J connectivity index is 2.86. The molecule has 2 nitrogen and oxygen atoms in total. The van der Waals surface area contributed by atoms with E-state index in [4.69, 9.17) is 10.5 Å². The Labute approximate surface area is 30.3 Å². The molecule has 0 heterocycles. The number of hydrogen-bond acceptors (Lipinski definition) is 2. The molecule has 0 rings (SSSR count). The lowest BCUT2D eigenvalue weighted by atomic mass is 10.6. The van der Waals surface area contributed by atoms with Gasteiger partial charge in [0.25, 0.3) is 0 Å². The van der Waals surface area contributed by atoms with Crippen molar-refractivity contribution < 1.29 is 0 Å². The van der Waals surface area contributed by atoms with Gasteiger partial charge in [0.05, 0.1) is 12.1 Å². The van der Waals surface area contributed by atoms with E-state index in [1.54, 1.807) is 12.1 Å². The summed E-state index contributed by atoms with van der Waals surface area (Å²) in [7, 11) is 0. The minimum absolute atomic E-state index is 0. The van der Waals surface area contributed by atoms with Crippen LogP contribution in [0.4, 0.5) is 0 Å². The minimum Gasteiger partial charge on any atom is -0.197 e. The maximum absolute atomic E-state index is 7.59. The zero-order valence-corrected chi connectivity index (χ0v) is 2.60. The Bertz CT molecular complexity index is 70.0. The highest BCUT2D eigenvalue weighted by Gasteiger charge is 1.61. The number of nitrogens with zero attached hydrogens (tertiary/aromatic N) is 2. The third-order valence-electron chi connectivity index (χ3n) is 0.158. The van der Waals surface area contributed by atoms with E-state index in [0.717, 1.165) is 0 Å². The number of rotatable bonds is 0. The summed E-state index contributed by atoms with van der Waals surface area (Å²) in [5.74, 6) is 0. The van der Waals surface area contributed by atoms with Crippen LogP contribution in [0.1, 0.15) is 6.42 Å². The zero-order valence-electron chi connectivity index (χ0n) is 2.60. The quantitative estimate of drug-likeness (QED) is 0.386. The molecule has 0 saturated carbocycles. The van der Waals surface area contributed by atoms with E-state index in [9.17, 15) is 0 Å². The number of nitriles is 2. The van der Waals surface area contributed by atoms with Crippen molar-refractivity contribution >= 4 is 0 Å². The van der Waals surface area contributed by atoms with Crippen molar-refractivity contribution in [3.05, 3.63) is 0 Å². The van der Waals surface area contributed by atoms with Gasteiger partial charge in [0, 0.05) is 0 Å². The van der Waals surface area contributed by atoms with Crippen molar-refractivity contribution in [1.29, 1.82) is 10.5 Å². The molecule has 0 aromatic heterocycles. The molecule has 0 atom stereocenters. The summed E-state index contributed by atoms with van der Waals surface area (Å²) in [5, 5.41) is 15.2. The summed E-state index contributed by atoms with van der Waals surface area (Å²) in [4.78, 5) is 0. The summed E-state index contributed by atoms with van der Waals surface area (Å²) in [5.41, 5.74) is 0. The van der Waals surface area contributed by atoms with Gasteiger partial charge in [-0.05, 0) is 0 Å². The van der Waals surface area contributed by atoms with Crippen LogP contribution in [0, 0.1) is 22.7 Å². The van der Waals surface area contributed by atoms with Crippen LogP contribution in [-0.4, -0.2) is 0 Å². The Hall–Kier alpha value is -1.02. The maximum Gasteiger partial charge on any atom is 0.122 e. The topological polar surface area (TPSA) is 47.6 Å². The van der Waals surface area contributed by atoms with Crippen LogP contribution in [0.2, 0.25) is 0 Å². The fourth-order valence-corrected chi connectivity index (χ4v) is 0.0354. The smallest absolute Gasteiger partial charge is 0.122 e. The second-order valence-corrected chi connectivity index (χ2v) is 0.493. The molecule has 0 aromatic rings. The molecule has 2 heteroatoms. The Morgan fingerprint density at radius 1 is 1.20 bits per heavy atom. The molecule has 0 unspecified atom stereocenters. The van der Waals surface area contributed by atoms with Crippen molar-refractivity contribution in [2.75, 3.05) is 0 Å². The van der Waals surface area contributed by atoms with Crippen molar-refractivity contribution in [2.45, 2.75) is 6.42 Å². The third kappa shape index (κ3) is 2.98. The lowest BCUT2D eigenvalue weighted by Crippen LogP contribution is -1.47. The summed E-state index contributed by atoms with van der Waals surface area (Å²) in [6.07, 6.45) is 0. The Morgan fingerprint density at radius 3 is 1.60 bits per heavy atom. The molecule has 0 radical (unpaired) electrons. The molecule has 0 N–H and O–H groups in total. The first-order chi connectivity index (χ1) is 2.41. The first kappa shape index (κ1) is 3.98. The van der Waals surface area contributed by atoms with Gasteiger partial charge < -0.3 is 0 Å². The van der Waals surface area contributed by atoms with Crippen molar-refractivity contribution in [2.24, 2.45) is 0 Å². The molecule has 0 spiro atoms. The van der Waals surface area contributed by atoms with Gasteiger partial charge in [-0.3, -0.25) is 0 Å². The van der Waals surface area contributed by atoms with Gasteiger partial charge in [-0.1, -0.05) is 0 Å². The van der Waals surface area contributed by atoms with Crippen molar-refractivity contribution in [3.63, 3.8) is 0 Å². The van der Waals surface area contributed by atoms with Gasteiger partial charge in [-0.2, -0.15) is 10.5 Å². The van der Waals surface area contributed by atoms with Gasteiger partial charge in [-0.25, -0.2) is 0 Å². The van der Waals surface area contributed by atoms with Crippen LogP contribution < -0.4 is 0 Å². The van der Waals surface area contributed by atoms with E-state index < -0.39 is 0 Å². The van der Waals surface area contributed by atoms with E-state index >= 15 is 0 Å². The first-order valence-corrected chi connectivity index (χ1v) is 1.15. The molecule has 24 valence electrons. The normalized spacial score (nSPS) is 4.40. The van der Waals surface area contributed by atoms with Crippen molar-refractivity contribution in [1.82, 2.24) is 0 Å². The summed E-state index contributed by atoms with van der Waals surface area (Å²) in [6, 6.07) is 3.31. The Morgan fingerprint density at radius 2 is 1.60 bits per heavy atom. The molecule has 0 fully saturated rings. The Kier molecular flexibility index (Phi) is 2.37.